The lowest BCUT2D eigenvalue weighted by atomic mass is 12.8. The zero-order chi connectivity index (χ0) is 7.15. The predicted octanol–water partition coefficient (Wildman–Crippen LogP) is -1.35. The van der Waals surface area contributed by atoms with Crippen LogP contribution in [0.25, 0.3) is 0 Å². The molecular weight excluding hydrogens is 134 g/mol. The van der Waals surface area contributed by atoms with E-state index >= 15 is 0 Å². The van der Waals surface area contributed by atoms with Crippen molar-refractivity contribution >= 4 is 0 Å². The average Bonchev–Trinajstić information content (AvgIpc) is 1.25. The second-order valence-electron chi connectivity index (χ2n) is 0.571. The molecule has 0 rings (SSSR count). The van der Waals surface area contributed by atoms with Crippen molar-refractivity contribution < 1.29 is 10.1 Å². The van der Waals surface area contributed by atoms with Gasteiger partial charge in [0.15, 0.2) is 10.1 Å². The molecule has 0 aromatic rings. The Morgan fingerprint density at radius 3 is 1.00 bits per heavy atom. The number of nitrogens with two attached hydrogens (primary N) is 2. The standard InChI is InChI=1S/2H2N2O2.H3N/c2*1-2(3)4;/h2*1H2;1H3/p+1. The quantitative estimate of drug-likeness (QED) is 0.214. The number of quaternary nitrogens is 1. The van der Waals surface area contributed by atoms with Crippen molar-refractivity contribution in [2.45, 2.75) is 0 Å². The molecule has 0 unspecified atom stereocenters. The van der Waals surface area contributed by atoms with Crippen LogP contribution in [-0.2, 0) is 0 Å². The molecule has 56 valence electrons. The summed E-state index contributed by atoms with van der Waals surface area (Å²) >= 11 is 0. The maximum Gasteiger partial charge on any atom is 0.154 e. The summed E-state index contributed by atoms with van der Waals surface area (Å²) in [6, 6.07) is 0. The first kappa shape index (κ1) is 15.7. The predicted molar refractivity (Wildman–Crippen MR) is 28.3 cm³/mol. The number of hydrazine groups is 2. The van der Waals surface area contributed by atoms with Crippen LogP contribution in [0.15, 0.2) is 0 Å². The molecule has 0 aromatic heterocycles. The minimum atomic E-state index is -1.00. The maximum atomic E-state index is 8.58. The molecule has 0 aromatic carbocycles. The normalized spacial score (nSPS) is 5.33. The number of hydrogen-bond acceptors (Lipinski definition) is 4. The molecule has 8 N–H and O–H groups in total. The van der Waals surface area contributed by atoms with Crippen LogP contribution in [0.3, 0.4) is 0 Å². The minimum Gasteiger partial charge on any atom is -0.369 e. The summed E-state index contributed by atoms with van der Waals surface area (Å²) in [7, 11) is 0. The van der Waals surface area contributed by atoms with E-state index in [1.807, 2.05) is 0 Å². The second kappa shape index (κ2) is 9.61. The first-order chi connectivity index (χ1) is 3.46. The van der Waals surface area contributed by atoms with Gasteiger partial charge in [-0.05, 0) is 0 Å². The molecule has 0 saturated carbocycles. The van der Waals surface area contributed by atoms with Crippen LogP contribution in [0, 0.1) is 20.2 Å². The molecule has 0 aliphatic carbocycles. The van der Waals surface area contributed by atoms with Crippen molar-refractivity contribution in [3.8, 4) is 0 Å². The molecule has 0 spiro atoms. The minimum absolute atomic E-state index is 0. The highest BCUT2D eigenvalue weighted by atomic mass is 16.7. The Morgan fingerprint density at radius 2 is 1.00 bits per heavy atom. The van der Waals surface area contributed by atoms with Crippen LogP contribution in [0.5, 0.6) is 0 Å². The summed E-state index contributed by atoms with van der Waals surface area (Å²) in [5.41, 5.74) is 0. The van der Waals surface area contributed by atoms with Gasteiger partial charge in [-0.15, -0.1) is 0 Å². The number of hydrogen-bond donors (Lipinski definition) is 3. The first-order valence-corrected chi connectivity index (χ1v) is 1.25. The Labute approximate surface area is 49.4 Å². The SMILES string of the molecule is N[N+](=O)[O-].N[N+](=O)[O-].[NH4+]. The number of nitrogens with zero attached hydrogens (tertiary/aromatic N) is 2. The van der Waals surface area contributed by atoms with Gasteiger partial charge in [-0.1, -0.05) is 0 Å². The smallest absolute Gasteiger partial charge is 0.154 e. The van der Waals surface area contributed by atoms with Gasteiger partial charge in [0.05, 0.1) is 0 Å². The van der Waals surface area contributed by atoms with Crippen molar-refractivity contribution in [1.29, 1.82) is 0 Å². The zero-order valence-electron chi connectivity index (χ0n) is 4.68. The van der Waals surface area contributed by atoms with E-state index in [4.69, 9.17) is 20.2 Å². The van der Waals surface area contributed by atoms with E-state index in [-0.39, 0.29) is 6.15 Å². The Bertz CT molecular complexity index is 67.0. The van der Waals surface area contributed by atoms with Gasteiger partial charge in [0, 0.05) is 0 Å². The van der Waals surface area contributed by atoms with Crippen LogP contribution in [-0.4, -0.2) is 10.1 Å². The molecule has 0 radical (unpaired) electrons. The fraction of sp³-hybridized carbons (Fsp3) is 0. The van der Waals surface area contributed by atoms with Crippen LogP contribution < -0.4 is 17.8 Å². The molecule has 0 aliphatic heterocycles. The molecule has 0 bridgehead atoms. The lowest BCUT2D eigenvalue weighted by Gasteiger charge is -1.61. The summed E-state index contributed by atoms with van der Waals surface area (Å²) in [6.07, 6.45) is 0. The number of rotatable bonds is 0. The van der Waals surface area contributed by atoms with Crippen molar-refractivity contribution in [2.24, 2.45) is 11.7 Å². The molecule has 0 aliphatic rings. The summed E-state index contributed by atoms with van der Waals surface area (Å²) < 4.78 is 0. The average molecular weight is 142 g/mol. The van der Waals surface area contributed by atoms with Gasteiger partial charge in [-0.3, -0.25) is 0 Å². The van der Waals surface area contributed by atoms with E-state index in [0.29, 0.717) is 0 Å². The van der Waals surface area contributed by atoms with Gasteiger partial charge in [0.1, 0.15) is 0 Å². The maximum absolute atomic E-state index is 8.58. The van der Waals surface area contributed by atoms with Gasteiger partial charge in [-0.25, -0.2) is 20.2 Å². The van der Waals surface area contributed by atoms with E-state index in [2.05, 4.69) is 11.7 Å². The summed E-state index contributed by atoms with van der Waals surface area (Å²) in [6.45, 7) is 0. The fourth-order valence-electron chi connectivity index (χ4n) is 0. The number of nitro groups is 2. The zero-order valence-corrected chi connectivity index (χ0v) is 4.68. The second-order valence-corrected chi connectivity index (χ2v) is 0.571. The van der Waals surface area contributed by atoms with Crippen molar-refractivity contribution in [3.05, 3.63) is 20.2 Å². The molecular formula is H8N5O4+. The summed E-state index contributed by atoms with van der Waals surface area (Å²) in [5, 5.41) is 15.2. The van der Waals surface area contributed by atoms with Crippen LogP contribution in [0.4, 0.5) is 0 Å². The lowest BCUT2D eigenvalue weighted by molar-refractivity contribution is -0.491. The molecule has 9 heteroatoms. The molecule has 9 heavy (non-hydrogen) atoms. The summed E-state index contributed by atoms with van der Waals surface area (Å²) in [4.78, 5) is 17.2. The highest BCUT2D eigenvalue weighted by molar-refractivity contribution is 3.87. The topological polar surface area (TPSA) is 175 Å². The fourth-order valence-corrected chi connectivity index (χ4v) is 0. The Hall–Kier alpha value is -1.64. The van der Waals surface area contributed by atoms with Gasteiger partial charge < -0.3 is 6.15 Å². The van der Waals surface area contributed by atoms with E-state index < -0.39 is 10.1 Å². The third-order valence-corrected chi connectivity index (χ3v) is 0. The van der Waals surface area contributed by atoms with Crippen LogP contribution in [0.2, 0.25) is 0 Å². The molecule has 9 nitrogen and oxygen atoms in total. The third-order valence-electron chi connectivity index (χ3n) is 0. The van der Waals surface area contributed by atoms with E-state index in [0.717, 1.165) is 0 Å². The Kier molecular flexibility index (Phi) is 16.7. The van der Waals surface area contributed by atoms with Gasteiger partial charge in [0.2, 0.25) is 0 Å². The van der Waals surface area contributed by atoms with Gasteiger partial charge in [0.25, 0.3) is 0 Å². The molecule has 0 atom stereocenters. The monoisotopic (exact) mass is 142 g/mol. The first-order valence-electron chi connectivity index (χ1n) is 1.25. The third kappa shape index (κ3) is 45.0. The largest absolute Gasteiger partial charge is 0.369 e. The molecule has 0 amide bonds. The molecule has 0 fully saturated rings. The van der Waals surface area contributed by atoms with Crippen molar-refractivity contribution in [1.82, 2.24) is 6.15 Å². The van der Waals surface area contributed by atoms with Crippen LogP contribution >= 0.6 is 0 Å². The Morgan fingerprint density at radius 1 is 1.00 bits per heavy atom. The van der Waals surface area contributed by atoms with Gasteiger partial charge >= 0.3 is 0 Å². The molecule has 0 saturated heterocycles. The Balaban J connectivity index is -0.0000000720. The van der Waals surface area contributed by atoms with Crippen molar-refractivity contribution in [2.75, 3.05) is 0 Å². The summed E-state index contributed by atoms with van der Waals surface area (Å²) in [5.74, 6) is 7.67. The van der Waals surface area contributed by atoms with E-state index in [9.17, 15) is 0 Å². The highest BCUT2D eigenvalue weighted by Gasteiger charge is 1.57. The van der Waals surface area contributed by atoms with Crippen molar-refractivity contribution in [3.63, 3.8) is 0 Å². The highest BCUT2D eigenvalue weighted by Crippen LogP contribution is 1.29. The van der Waals surface area contributed by atoms with E-state index in [1.165, 1.54) is 0 Å². The lowest BCUT2D eigenvalue weighted by Crippen LogP contribution is -2.04. The molecule has 0 heterocycles. The van der Waals surface area contributed by atoms with Crippen LogP contribution in [0.1, 0.15) is 0 Å². The van der Waals surface area contributed by atoms with E-state index in [1.54, 1.807) is 0 Å². The van der Waals surface area contributed by atoms with Gasteiger partial charge in [-0.2, -0.15) is 11.7 Å².